The van der Waals surface area contributed by atoms with Gasteiger partial charge in [0.2, 0.25) is 12.3 Å². The van der Waals surface area contributed by atoms with Gasteiger partial charge in [-0.15, -0.1) is 0 Å². The van der Waals surface area contributed by atoms with Gasteiger partial charge < -0.3 is 15.5 Å². The van der Waals surface area contributed by atoms with Gasteiger partial charge in [-0.05, 0) is 81.3 Å². The lowest BCUT2D eigenvalue weighted by Crippen LogP contribution is -2.35. The van der Waals surface area contributed by atoms with Crippen molar-refractivity contribution in [1.29, 1.82) is 0 Å². The van der Waals surface area contributed by atoms with Crippen LogP contribution in [-0.4, -0.2) is 46.8 Å². The zero-order chi connectivity index (χ0) is 34.8. The van der Waals surface area contributed by atoms with Crippen LogP contribution in [0, 0.1) is 19.7 Å². The second kappa shape index (κ2) is 16.9. The Kier molecular flexibility index (Phi) is 13.3. The Morgan fingerprint density at radius 2 is 1.70 bits per heavy atom. The van der Waals surface area contributed by atoms with E-state index in [4.69, 9.17) is 0 Å². The molecule has 3 amide bonds. The van der Waals surface area contributed by atoms with Crippen molar-refractivity contribution >= 4 is 41.1 Å². The average Bonchev–Trinajstić information content (AvgIpc) is 4.00. The summed E-state index contributed by atoms with van der Waals surface area (Å²) in [4.78, 5) is 55.5. The van der Waals surface area contributed by atoms with Gasteiger partial charge >= 0.3 is 0 Å². The Bertz CT molecular complexity index is 1630. The molecule has 10 heteroatoms. The van der Waals surface area contributed by atoms with E-state index in [0.29, 0.717) is 24.9 Å². The van der Waals surface area contributed by atoms with E-state index < -0.39 is 11.4 Å². The lowest BCUT2D eigenvalue weighted by atomic mass is 10.0. The Hall–Kier alpha value is -4.47. The largest absolute Gasteiger partial charge is 0.353 e. The molecule has 1 heterocycles. The Morgan fingerprint density at radius 3 is 2.28 bits per heavy atom. The van der Waals surface area contributed by atoms with Gasteiger partial charge in [-0.3, -0.25) is 28.6 Å². The second-order valence-corrected chi connectivity index (χ2v) is 12.0. The van der Waals surface area contributed by atoms with E-state index in [1.165, 1.54) is 29.0 Å². The van der Waals surface area contributed by atoms with E-state index in [-0.39, 0.29) is 52.2 Å². The summed E-state index contributed by atoms with van der Waals surface area (Å²) < 4.78 is 16.3. The summed E-state index contributed by atoms with van der Waals surface area (Å²) in [5.74, 6) is -0.863. The lowest BCUT2D eigenvalue weighted by Gasteiger charge is -2.28. The Morgan fingerprint density at radius 1 is 1.04 bits per heavy atom. The predicted octanol–water partition coefficient (Wildman–Crippen LogP) is 7.07. The molecule has 0 atom stereocenters. The minimum Gasteiger partial charge on any atom is -0.353 e. The summed E-state index contributed by atoms with van der Waals surface area (Å²) in [6, 6.07) is 12.1. The molecule has 2 aromatic carbocycles. The summed E-state index contributed by atoms with van der Waals surface area (Å²) in [6.45, 7) is 11.6. The van der Waals surface area contributed by atoms with E-state index in [0.717, 1.165) is 36.8 Å². The molecular weight excluding hydrogens is 597 g/mol. The van der Waals surface area contributed by atoms with Crippen molar-refractivity contribution in [2.75, 3.05) is 17.3 Å². The SMILES string of the molecule is CC.CCC.Cc1ccc(Nc2c(C(=O)N(C)C3CC3)c(N(C=O)c3cccc(CCC(=O)NC4CC4)c3)c(C)c(=O)n2C)c(F)c1. The zero-order valence-corrected chi connectivity index (χ0v) is 29.1. The maximum Gasteiger partial charge on any atom is 0.259 e. The molecule has 5 rings (SSSR count). The molecule has 0 bridgehead atoms. The van der Waals surface area contributed by atoms with Crippen molar-refractivity contribution in [1.82, 2.24) is 14.8 Å². The lowest BCUT2D eigenvalue weighted by molar-refractivity contribution is -0.121. The molecule has 2 saturated carbocycles. The predicted molar refractivity (Wildman–Crippen MR) is 187 cm³/mol. The van der Waals surface area contributed by atoms with Gasteiger partial charge in [-0.1, -0.05) is 52.3 Å². The van der Waals surface area contributed by atoms with Crippen LogP contribution in [0.25, 0.3) is 0 Å². The Labute approximate surface area is 278 Å². The molecule has 2 N–H and O–H groups in total. The van der Waals surface area contributed by atoms with Crippen molar-refractivity contribution in [2.45, 2.75) is 98.6 Å². The van der Waals surface area contributed by atoms with Crippen molar-refractivity contribution in [3.8, 4) is 0 Å². The minimum atomic E-state index is -0.538. The third-order valence-electron chi connectivity index (χ3n) is 7.91. The monoisotopic (exact) mass is 647 g/mol. The highest BCUT2D eigenvalue weighted by Gasteiger charge is 2.36. The summed E-state index contributed by atoms with van der Waals surface area (Å²) >= 11 is 0. The van der Waals surface area contributed by atoms with E-state index in [2.05, 4.69) is 24.5 Å². The number of rotatable bonds is 11. The fourth-order valence-electron chi connectivity index (χ4n) is 5.11. The van der Waals surface area contributed by atoms with Crippen molar-refractivity contribution < 1.29 is 18.8 Å². The van der Waals surface area contributed by atoms with Crippen LogP contribution >= 0.6 is 0 Å². The number of amides is 3. The standard InChI is InChI=1S/C32H36FN5O4.C3H8.C2H6/c1-19-8-14-26(25(33)16-19)35-30-28(32(42)36(3)23-12-13-23)29(20(2)31(41)37(30)4)38(18-39)24-7-5-6-21(17-24)9-15-27(40)34-22-10-11-22;1-3-2;1-2/h5-8,14,16-18,22-23,35H,9-13,15H2,1-4H3,(H,34,40);3H2,1-2H3;1-2H3. The molecule has 0 aliphatic heterocycles. The molecule has 47 heavy (non-hydrogen) atoms. The molecule has 0 unspecified atom stereocenters. The third kappa shape index (κ3) is 9.30. The van der Waals surface area contributed by atoms with Crippen LogP contribution in [0.15, 0.2) is 47.3 Å². The number of aromatic nitrogens is 1. The fraction of sp³-hybridized carbons (Fsp3) is 0.459. The number of nitrogens with one attached hydrogen (secondary N) is 2. The number of anilines is 4. The number of hydrogen-bond acceptors (Lipinski definition) is 5. The molecular formula is C37H50FN5O4. The summed E-state index contributed by atoms with van der Waals surface area (Å²) in [7, 11) is 3.21. The van der Waals surface area contributed by atoms with Crippen molar-refractivity contribution in [3.05, 3.63) is 80.9 Å². The average molecular weight is 648 g/mol. The van der Waals surface area contributed by atoms with E-state index in [1.54, 1.807) is 56.1 Å². The van der Waals surface area contributed by atoms with Gasteiger partial charge in [-0.25, -0.2) is 4.39 Å². The summed E-state index contributed by atoms with van der Waals surface area (Å²) in [5, 5.41) is 5.97. The second-order valence-electron chi connectivity index (χ2n) is 12.0. The first-order valence-electron chi connectivity index (χ1n) is 16.7. The molecule has 254 valence electrons. The van der Waals surface area contributed by atoms with Crippen LogP contribution < -0.4 is 21.1 Å². The zero-order valence-electron chi connectivity index (χ0n) is 29.1. The third-order valence-corrected chi connectivity index (χ3v) is 7.91. The van der Waals surface area contributed by atoms with Crippen LogP contribution in [0.3, 0.4) is 0 Å². The number of carbonyl (C=O) groups is 3. The number of carbonyl (C=O) groups excluding carboxylic acids is 3. The summed E-state index contributed by atoms with van der Waals surface area (Å²) in [5.41, 5.74) is 2.06. The number of aryl methyl sites for hydroxylation is 2. The van der Waals surface area contributed by atoms with Gasteiger partial charge in [0.15, 0.2) is 0 Å². The van der Waals surface area contributed by atoms with Crippen LogP contribution in [0.4, 0.5) is 27.3 Å². The highest BCUT2D eigenvalue weighted by molar-refractivity contribution is 6.09. The van der Waals surface area contributed by atoms with Crippen molar-refractivity contribution in [3.63, 3.8) is 0 Å². The molecule has 2 aliphatic rings. The first-order valence-corrected chi connectivity index (χ1v) is 16.7. The van der Waals surface area contributed by atoms with Crippen LogP contribution in [0.2, 0.25) is 0 Å². The van der Waals surface area contributed by atoms with Gasteiger partial charge in [0, 0.05) is 43.9 Å². The highest BCUT2D eigenvalue weighted by atomic mass is 19.1. The molecule has 2 fully saturated rings. The molecule has 2 aliphatic carbocycles. The normalized spacial score (nSPS) is 13.3. The van der Waals surface area contributed by atoms with E-state index in [9.17, 15) is 23.6 Å². The minimum absolute atomic E-state index is 0.0207. The van der Waals surface area contributed by atoms with Gasteiger partial charge in [0.05, 0.1) is 11.4 Å². The topological polar surface area (TPSA) is 104 Å². The summed E-state index contributed by atoms with van der Waals surface area (Å²) in [6.07, 6.45) is 6.32. The van der Waals surface area contributed by atoms with Crippen molar-refractivity contribution in [2.24, 2.45) is 7.05 Å². The molecule has 1 aromatic heterocycles. The molecule has 0 radical (unpaired) electrons. The van der Waals surface area contributed by atoms with Gasteiger partial charge in [0.1, 0.15) is 17.2 Å². The highest BCUT2D eigenvalue weighted by Crippen LogP contribution is 2.38. The maximum absolute atomic E-state index is 15.0. The quantitative estimate of drug-likeness (QED) is 0.217. The Balaban J connectivity index is 0.00000114. The first-order chi connectivity index (χ1) is 22.5. The maximum atomic E-state index is 15.0. The smallest absolute Gasteiger partial charge is 0.259 e. The number of pyridine rings is 1. The van der Waals surface area contributed by atoms with E-state index in [1.807, 2.05) is 19.9 Å². The molecule has 9 nitrogen and oxygen atoms in total. The number of halogens is 1. The number of benzene rings is 2. The number of hydrogen-bond donors (Lipinski definition) is 2. The van der Waals surface area contributed by atoms with Crippen LogP contribution in [0.1, 0.15) is 93.3 Å². The van der Waals surface area contributed by atoms with Gasteiger partial charge in [0.25, 0.3) is 11.5 Å². The van der Waals surface area contributed by atoms with Crippen LogP contribution in [0.5, 0.6) is 0 Å². The van der Waals surface area contributed by atoms with Crippen LogP contribution in [-0.2, 0) is 23.1 Å². The van der Waals surface area contributed by atoms with Gasteiger partial charge in [-0.2, -0.15) is 0 Å². The molecule has 0 spiro atoms. The van der Waals surface area contributed by atoms with E-state index >= 15 is 0 Å². The fourth-order valence-corrected chi connectivity index (χ4v) is 5.11. The molecule has 3 aromatic rings. The molecule has 0 saturated heterocycles. The number of nitrogens with zero attached hydrogens (tertiary/aromatic N) is 3. The first kappa shape index (κ1) is 37.0.